The van der Waals surface area contributed by atoms with Crippen LogP contribution in [0.4, 0.5) is 11.4 Å². The van der Waals surface area contributed by atoms with Gasteiger partial charge in [-0.25, -0.2) is 0 Å². The number of carbonyl (C=O) groups is 2. The van der Waals surface area contributed by atoms with Crippen molar-refractivity contribution in [2.45, 2.75) is 13.8 Å². The Morgan fingerprint density at radius 2 is 1.14 bits per heavy atom. The summed E-state index contributed by atoms with van der Waals surface area (Å²) in [5.74, 6) is -0.310. The van der Waals surface area contributed by atoms with E-state index < -0.39 is 0 Å². The fraction of sp³-hybridized carbons (Fsp3) is 0.125. The molecule has 2 N–H and O–H groups in total. The lowest BCUT2D eigenvalue weighted by atomic mass is 10.0. The van der Waals surface area contributed by atoms with Crippen molar-refractivity contribution < 1.29 is 9.59 Å². The molecule has 22 heavy (non-hydrogen) atoms. The van der Waals surface area contributed by atoms with Gasteiger partial charge < -0.3 is 10.6 Å². The molecule has 0 aliphatic carbocycles. The lowest BCUT2D eigenvalue weighted by Gasteiger charge is -2.15. The van der Waals surface area contributed by atoms with Crippen molar-refractivity contribution in [3.05, 3.63) is 45.3 Å². The van der Waals surface area contributed by atoms with Crippen LogP contribution in [0.1, 0.15) is 13.8 Å². The first-order chi connectivity index (χ1) is 10.4. The van der Waals surface area contributed by atoms with E-state index in [9.17, 15) is 9.59 Å². The number of amides is 2. The van der Waals surface area contributed by atoms with Crippen LogP contribution in [0, 0.1) is 0 Å². The molecule has 2 rings (SSSR count). The number of rotatable bonds is 3. The van der Waals surface area contributed by atoms with E-state index in [1.165, 1.54) is 13.8 Å². The second-order valence-corrected chi connectivity index (χ2v) is 6.57. The summed E-state index contributed by atoms with van der Waals surface area (Å²) >= 11 is 6.80. The Kier molecular flexibility index (Phi) is 5.37. The van der Waals surface area contributed by atoms with Crippen molar-refractivity contribution in [2.75, 3.05) is 10.6 Å². The van der Waals surface area contributed by atoms with Gasteiger partial charge in [-0.05, 0) is 24.3 Å². The predicted molar refractivity (Wildman–Crippen MR) is 95.9 cm³/mol. The minimum absolute atomic E-state index is 0.155. The molecule has 0 spiro atoms. The van der Waals surface area contributed by atoms with Crippen LogP contribution in [-0.4, -0.2) is 11.8 Å². The van der Waals surface area contributed by atoms with Gasteiger partial charge in [0.2, 0.25) is 11.8 Å². The van der Waals surface area contributed by atoms with E-state index in [4.69, 9.17) is 0 Å². The molecule has 0 aliphatic rings. The Morgan fingerprint density at radius 3 is 1.45 bits per heavy atom. The van der Waals surface area contributed by atoms with E-state index >= 15 is 0 Å². The van der Waals surface area contributed by atoms with Gasteiger partial charge in [0.15, 0.2) is 0 Å². The molecule has 2 amide bonds. The summed E-state index contributed by atoms with van der Waals surface area (Å²) in [5.41, 5.74) is 3.01. The van der Waals surface area contributed by atoms with Crippen LogP contribution in [-0.2, 0) is 9.59 Å². The van der Waals surface area contributed by atoms with Crippen LogP contribution < -0.4 is 10.6 Å². The first kappa shape index (κ1) is 16.7. The van der Waals surface area contributed by atoms with Crippen LogP contribution in [0.15, 0.2) is 45.3 Å². The van der Waals surface area contributed by atoms with E-state index in [-0.39, 0.29) is 11.8 Å². The van der Waals surface area contributed by atoms with Crippen LogP contribution in [0.5, 0.6) is 0 Å². The molecule has 114 valence electrons. The molecule has 0 radical (unpaired) electrons. The fourth-order valence-corrected chi connectivity index (χ4v) is 2.81. The van der Waals surface area contributed by atoms with E-state index in [0.717, 1.165) is 20.1 Å². The van der Waals surface area contributed by atoms with Gasteiger partial charge in [0.25, 0.3) is 0 Å². The molecule has 0 saturated heterocycles. The number of halogens is 2. The van der Waals surface area contributed by atoms with Gasteiger partial charge in [0.05, 0.1) is 0 Å². The number of hydrogen-bond acceptors (Lipinski definition) is 2. The maximum absolute atomic E-state index is 11.4. The van der Waals surface area contributed by atoms with Gasteiger partial charge >= 0.3 is 0 Å². The SMILES string of the molecule is CC(=O)Nc1cc(Br)ccc1-c1ccc(Br)cc1NC(C)=O. The third kappa shape index (κ3) is 4.18. The molecule has 0 fully saturated rings. The van der Waals surface area contributed by atoms with Crippen molar-refractivity contribution in [3.63, 3.8) is 0 Å². The van der Waals surface area contributed by atoms with Crippen LogP contribution in [0.3, 0.4) is 0 Å². The Bertz CT molecular complexity index is 681. The van der Waals surface area contributed by atoms with Crippen molar-refractivity contribution >= 4 is 55.0 Å². The normalized spacial score (nSPS) is 10.2. The van der Waals surface area contributed by atoms with Gasteiger partial charge in [-0.1, -0.05) is 44.0 Å². The number of anilines is 2. The molecular formula is C16H14Br2N2O2. The second kappa shape index (κ2) is 7.07. The van der Waals surface area contributed by atoms with E-state index in [1.807, 2.05) is 36.4 Å². The molecule has 0 heterocycles. The lowest BCUT2D eigenvalue weighted by Crippen LogP contribution is -2.09. The van der Waals surface area contributed by atoms with Crippen molar-refractivity contribution in [3.8, 4) is 11.1 Å². The Labute approximate surface area is 145 Å². The summed E-state index contributed by atoms with van der Waals surface area (Å²) in [4.78, 5) is 22.8. The molecule has 0 bridgehead atoms. The highest BCUT2D eigenvalue weighted by Gasteiger charge is 2.12. The van der Waals surface area contributed by atoms with Crippen molar-refractivity contribution in [1.29, 1.82) is 0 Å². The fourth-order valence-electron chi connectivity index (χ4n) is 2.09. The summed E-state index contributed by atoms with van der Waals surface area (Å²) in [6.07, 6.45) is 0. The van der Waals surface area contributed by atoms with Crippen LogP contribution in [0.25, 0.3) is 11.1 Å². The lowest BCUT2D eigenvalue weighted by molar-refractivity contribution is -0.115. The molecule has 2 aromatic carbocycles. The third-order valence-corrected chi connectivity index (χ3v) is 3.86. The third-order valence-electron chi connectivity index (χ3n) is 2.87. The minimum atomic E-state index is -0.155. The van der Waals surface area contributed by atoms with E-state index in [0.29, 0.717) is 11.4 Å². The van der Waals surface area contributed by atoms with E-state index in [2.05, 4.69) is 42.5 Å². The summed E-state index contributed by atoms with van der Waals surface area (Å²) in [6.45, 7) is 2.92. The summed E-state index contributed by atoms with van der Waals surface area (Å²) < 4.78 is 1.72. The first-order valence-electron chi connectivity index (χ1n) is 6.51. The van der Waals surface area contributed by atoms with Crippen LogP contribution in [0.2, 0.25) is 0 Å². The molecule has 0 aromatic heterocycles. The van der Waals surface area contributed by atoms with Gasteiger partial charge in [-0.2, -0.15) is 0 Å². The number of hydrogen-bond donors (Lipinski definition) is 2. The minimum Gasteiger partial charge on any atom is -0.326 e. The zero-order valence-corrected chi connectivity index (χ0v) is 15.2. The highest BCUT2D eigenvalue weighted by Crippen LogP contribution is 2.36. The summed E-state index contributed by atoms with van der Waals surface area (Å²) in [5, 5.41) is 5.63. The largest absolute Gasteiger partial charge is 0.326 e. The Morgan fingerprint density at radius 1 is 0.773 bits per heavy atom. The molecule has 0 atom stereocenters. The average Bonchev–Trinajstić information content (AvgIpc) is 2.38. The van der Waals surface area contributed by atoms with Gasteiger partial charge in [0.1, 0.15) is 0 Å². The molecule has 4 nitrogen and oxygen atoms in total. The maximum atomic E-state index is 11.4. The number of nitrogens with one attached hydrogen (secondary N) is 2. The Balaban J connectivity index is 2.60. The number of benzene rings is 2. The smallest absolute Gasteiger partial charge is 0.221 e. The monoisotopic (exact) mass is 424 g/mol. The van der Waals surface area contributed by atoms with Crippen LogP contribution >= 0.6 is 31.9 Å². The van der Waals surface area contributed by atoms with Gasteiger partial charge in [-0.3, -0.25) is 9.59 Å². The molecular weight excluding hydrogens is 412 g/mol. The molecule has 6 heteroatoms. The maximum Gasteiger partial charge on any atom is 0.221 e. The first-order valence-corrected chi connectivity index (χ1v) is 8.10. The quantitative estimate of drug-likeness (QED) is 0.742. The number of carbonyl (C=O) groups excluding carboxylic acids is 2. The molecule has 2 aromatic rings. The molecule has 0 unspecified atom stereocenters. The summed E-state index contributed by atoms with van der Waals surface area (Å²) in [7, 11) is 0. The average molecular weight is 426 g/mol. The zero-order valence-electron chi connectivity index (χ0n) is 12.0. The van der Waals surface area contributed by atoms with Crippen molar-refractivity contribution in [1.82, 2.24) is 0 Å². The van der Waals surface area contributed by atoms with Gasteiger partial charge in [0, 0.05) is 45.3 Å². The standard InChI is InChI=1S/C16H14Br2N2O2/c1-9(21)19-15-7-11(17)3-5-13(15)14-6-4-12(18)8-16(14)20-10(2)22/h3-8H,1-2H3,(H,19,21)(H,20,22). The second-order valence-electron chi connectivity index (χ2n) is 4.74. The predicted octanol–water partition coefficient (Wildman–Crippen LogP) is 4.80. The highest BCUT2D eigenvalue weighted by atomic mass is 79.9. The molecule has 0 saturated carbocycles. The van der Waals surface area contributed by atoms with Crippen molar-refractivity contribution in [2.24, 2.45) is 0 Å². The zero-order chi connectivity index (χ0) is 16.3. The summed E-state index contributed by atoms with van der Waals surface area (Å²) in [6, 6.07) is 11.2. The van der Waals surface area contributed by atoms with E-state index in [1.54, 1.807) is 0 Å². The van der Waals surface area contributed by atoms with Gasteiger partial charge in [-0.15, -0.1) is 0 Å². The molecule has 0 aliphatic heterocycles. The Hall–Kier alpha value is -1.66. The topological polar surface area (TPSA) is 58.2 Å². The highest BCUT2D eigenvalue weighted by molar-refractivity contribution is 9.10.